The van der Waals surface area contributed by atoms with E-state index in [4.69, 9.17) is 10.5 Å². The molecular weight excluding hydrogens is 491 g/mol. The minimum Gasteiger partial charge on any atom is -0.431 e. The number of alkyl halides is 5. The molecular formula is C21H18F7N3O4. The summed E-state index contributed by atoms with van der Waals surface area (Å²) >= 11 is 0. The maximum Gasteiger partial charge on any atom is 0.417 e. The van der Waals surface area contributed by atoms with Crippen molar-refractivity contribution in [1.29, 1.82) is 0 Å². The molecule has 3 N–H and O–H groups in total. The molecule has 1 aromatic carbocycles. The predicted molar refractivity (Wildman–Crippen MR) is 106 cm³/mol. The first-order valence-electron chi connectivity index (χ1n) is 9.91. The average Bonchev–Trinajstić information content (AvgIpc) is 3.04. The fourth-order valence-electron chi connectivity index (χ4n) is 3.87. The second-order valence-corrected chi connectivity index (χ2v) is 7.90. The van der Waals surface area contributed by atoms with E-state index in [0.717, 1.165) is 25.3 Å². The molecule has 1 aliphatic heterocycles. The third-order valence-electron chi connectivity index (χ3n) is 5.86. The number of rotatable bonds is 6. The molecule has 4 atom stereocenters. The predicted octanol–water partition coefficient (Wildman–Crippen LogP) is 4.14. The van der Waals surface area contributed by atoms with Crippen LogP contribution in [0.1, 0.15) is 35.8 Å². The summed E-state index contributed by atoms with van der Waals surface area (Å²) in [5.41, 5.74) is 1.25. The Kier molecular flexibility index (Phi) is 6.97. The van der Waals surface area contributed by atoms with Gasteiger partial charge in [0.05, 0.1) is 11.9 Å². The number of hydrogen-bond acceptors (Lipinski definition) is 5. The summed E-state index contributed by atoms with van der Waals surface area (Å²) in [6.07, 6.45) is -6.04. The summed E-state index contributed by atoms with van der Waals surface area (Å²) in [5, 5.41) is 2.24. The Bertz CT molecular complexity index is 1130. The lowest BCUT2D eigenvalue weighted by molar-refractivity contribution is -0.272. The molecule has 190 valence electrons. The van der Waals surface area contributed by atoms with E-state index in [1.54, 1.807) is 0 Å². The third-order valence-corrected chi connectivity index (χ3v) is 5.86. The van der Waals surface area contributed by atoms with E-state index in [2.05, 4.69) is 15.0 Å². The van der Waals surface area contributed by atoms with E-state index >= 15 is 0 Å². The maximum absolute atomic E-state index is 14.4. The second kappa shape index (κ2) is 9.32. The van der Waals surface area contributed by atoms with Crippen LogP contribution in [0.4, 0.5) is 36.4 Å². The number of nitrogens with two attached hydrogens (primary N) is 1. The molecule has 2 heterocycles. The van der Waals surface area contributed by atoms with Crippen LogP contribution in [-0.4, -0.2) is 41.3 Å². The van der Waals surface area contributed by atoms with E-state index < -0.39 is 71.1 Å². The number of benzene rings is 1. The van der Waals surface area contributed by atoms with Crippen molar-refractivity contribution in [3.05, 3.63) is 53.4 Å². The van der Waals surface area contributed by atoms with Crippen LogP contribution in [0.2, 0.25) is 0 Å². The summed E-state index contributed by atoms with van der Waals surface area (Å²) in [6.45, 7) is -1.96. The first-order valence-corrected chi connectivity index (χ1v) is 9.91. The normalized spacial score (nSPS) is 24.5. The van der Waals surface area contributed by atoms with E-state index in [9.17, 15) is 40.3 Å². The van der Waals surface area contributed by atoms with Gasteiger partial charge in [0.15, 0.2) is 17.2 Å². The van der Waals surface area contributed by atoms with Crippen LogP contribution in [0.15, 0.2) is 30.5 Å². The standard InChI is InChI=1S/C21H18F7N3O4/c1-8-13(10-4-5-11(22)14(23)15(10)34-19(24)25)16(35-20(8,2)21(26,27)28)18(33)31-9-3-6-12(17(29)32)30-7-9/h3-8,13,16,19H,1-2H3,(H2,29,32)(H,31,33)/t8-,13-,16+,20+/m0/s1. The van der Waals surface area contributed by atoms with E-state index in [0.29, 0.717) is 13.0 Å². The average molecular weight is 509 g/mol. The number of carbonyl (C=O) groups is 2. The van der Waals surface area contributed by atoms with Gasteiger partial charge in [-0.2, -0.15) is 26.3 Å². The van der Waals surface area contributed by atoms with Crippen molar-refractivity contribution < 1.29 is 49.8 Å². The van der Waals surface area contributed by atoms with Gasteiger partial charge < -0.3 is 20.5 Å². The van der Waals surface area contributed by atoms with Crippen molar-refractivity contribution >= 4 is 17.5 Å². The smallest absolute Gasteiger partial charge is 0.417 e. The number of primary amides is 1. The molecule has 1 fully saturated rings. The molecule has 7 nitrogen and oxygen atoms in total. The second-order valence-electron chi connectivity index (χ2n) is 7.90. The maximum atomic E-state index is 14.4. The molecule has 0 aliphatic carbocycles. The van der Waals surface area contributed by atoms with E-state index in [-0.39, 0.29) is 11.4 Å². The number of nitrogens with zero attached hydrogens (tertiary/aromatic N) is 1. The van der Waals surface area contributed by atoms with Gasteiger partial charge in [-0.3, -0.25) is 9.59 Å². The third kappa shape index (κ3) is 4.88. The fourth-order valence-corrected chi connectivity index (χ4v) is 3.87. The van der Waals surface area contributed by atoms with Gasteiger partial charge in [0.1, 0.15) is 11.8 Å². The van der Waals surface area contributed by atoms with Crippen LogP contribution in [0, 0.1) is 17.6 Å². The lowest BCUT2D eigenvalue weighted by Crippen LogP contribution is -2.47. The molecule has 0 spiro atoms. The molecule has 2 amide bonds. The van der Waals surface area contributed by atoms with Gasteiger partial charge in [-0.05, 0) is 25.1 Å². The highest BCUT2D eigenvalue weighted by Gasteiger charge is 2.66. The summed E-state index contributed by atoms with van der Waals surface area (Å²) < 4.78 is 105. The van der Waals surface area contributed by atoms with Crippen LogP contribution in [0.25, 0.3) is 0 Å². The zero-order valence-corrected chi connectivity index (χ0v) is 18.0. The Morgan fingerprint density at radius 1 is 1.20 bits per heavy atom. The Labute approximate surface area is 193 Å². The number of carbonyl (C=O) groups excluding carboxylic acids is 2. The zero-order chi connectivity index (χ0) is 26.3. The highest BCUT2D eigenvalue weighted by molar-refractivity contribution is 5.96. The number of ether oxygens (including phenoxy) is 2. The van der Waals surface area contributed by atoms with Crippen LogP contribution in [0.3, 0.4) is 0 Å². The van der Waals surface area contributed by atoms with Crippen LogP contribution >= 0.6 is 0 Å². The lowest BCUT2D eigenvalue weighted by Gasteiger charge is -2.32. The molecule has 0 radical (unpaired) electrons. The van der Waals surface area contributed by atoms with Crippen molar-refractivity contribution in [2.24, 2.45) is 11.7 Å². The molecule has 0 bridgehead atoms. The number of halogens is 7. The lowest BCUT2D eigenvalue weighted by atomic mass is 9.77. The molecule has 3 rings (SSSR count). The number of nitrogens with one attached hydrogen (secondary N) is 1. The van der Waals surface area contributed by atoms with Gasteiger partial charge in [-0.15, -0.1) is 0 Å². The number of amides is 2. The van der Waals surface area contributed by atoms with E-state index in [1.165, 1.54) is 6.07 Å². The Morgan fingerprint density at radius 2 is 1.86 bits per heavy atom. The Morgan fingerprint density at radius 3 is 2.37 bits per heavy atom. The van der Waals surface area contributed by atoms with Gasteiger partial charge in [0.2, 0.25) is 5.82 Å². The monoisotopic (exact) mass is 509 g/mol. The first kappa shape index (κ1) is 26.2. The van der Waals surface area contributed by atoms with Crippen molar-refractivity contribution in [1.82, 2.24) is 4.98 Å². The highest BCUT2D eigenvalue weighted by Crippen LogP contribution is 2.55. The minimum atomic E-state index is -5.04. The van der Waals surface area contributed by atoms with Gasteiger partial charge in [0, 0.05) is 17.4 Å². The first-order chi connectivity index (χ1) is 16.2. The molecule has 1 aliphatic rings. The fraction of sp³-hybridized carbons (Fsp3) is 0.381. The Hall–Kier alpha value is -3.42. The number of pyridine rings is 1. The van der Waals surface area contributed by atoms with Crippen molar-refractivity contribution in [2.45, 2.75) is 44.3 Å². The minimum absolute atomic E-state index is 0.0649. The summed E-state index contributed by atoms with van der Waals surface area (Å²) in [4.78, 5) is 27.8. The van der Waals surface area contributed by atoms with Crippen LogP contribution in [-0.2, 0) is 9.53 Å². The number of anilines is 1. The van der Waals surface area contributed by atoms with E-state index in [1.807, 2.05) is 0 Å². The highest BCUT2D eigenvalue weighted by atomic mass is 19.4. The largest absolute Gasteiger partial charge is 0.431 e. The van der Waals surface area contributed by atoms with Gasteiger partial charge in [-0.1, -0.05) is 13.0 Å². The van der Waals surface area contributed by atoms with Gasteiger partial charge in [0.25, 0.3) is 11.8 Å². The quantitative estimate of drug-likeness (QED) is 0.570. The van der Waals surface area contributed by atoms with Crippen LogP contribution < -0.4 is 15.8 Å². The number of hydrogen-bond donors (Lipinski definition) is 2. The molecule has 0 unspecified atom stereocenters. The van der Waals surface area contributed by atoms with Crippen molar-refractivity contribution in [3.63, 3.8) is 0 Å². The molecule has 35 heavy (non-hydrogen) atoms. The van der Waals surface area contributed by atoms with Crippen molar-refractivity contribution in [3.8, 4) is 5.75 Å². The SMILES string of the molecule is C[C@H]1[C@@H](c2ccc(F)c(F)c2OC(F)F)[C@H](C(=O)Nc2ccc(C(N)=O)nc2)O[C@@]1(C)C(F)(F)F. The molecule has 2 aromatic rings. The summed E-state index contributed by atoms with van der Waals surface area (Å²) in [7, 11) is 0. The molecule has 0 saturated carbocycles. The van der Waals surface area contributed by atoms with Gasteiger partial charge in [-0.25, -0.2) is 9.37 Å². The zero-order valence-electron chi connectivity index (χ0n) is 18.0. The Balaban J connectivity index is 2.07. The van der Waals surface area contributed by atoms with Crippen molar-refractivity contribution in [2.75, 3.05) is 5.32 Å². The molecule has 1 saturated heterocycles. The molecule has 14 heteroatoms. The number of aromatic nitrogens is 1. The summed E-state index contributed by atoms with van der Waals surface area (Å²) in [5.74, 6) is -10.2. The topological polar surface area (TPSA) is 104 Å². The van der Waals surface area contributed by atoms with Gasteiger partial charge >= 0.3 is 12.8 Å². The summed E-state index contributed by atoms with van der Waals surface area (Å²) in [6, 6.07) is 3.59. The van der Waals surface area contributed by atoms with Crippen LogP contribution in [0.5, 0.6) is 5.75 Å². The molecule has 1 aromatic heterocycles.